The van der Waals surface area contributed by atoms with Gasteiger partial charge in [-0.25, -0.2) is 0 Å². The third kappa shape index (κ3) is 57.1. The molecular formula is C78H154N10O10. The summed E-state index contributed by atoms with van der Waals surface area (Å²) < 4.78 is 0. The van der Waals surface area contributed by atoms with Gasteiger partial charge in [-0.2, -0.15) is 0 Å². The molecule has 0 aromatic heterocycles. The van der Waals surface area contributed by atoms with Crippen LogP contribution in [0.1, 0.15) is 323 Å². The molecule has 1 fully saturated rings. The molecule has 1 rings (SSSR count). The first kappa shape index (κ1) is 92.5. The van der Waals surface area contributed by atoms with Crippen LogP contribution in [0, 0.1) is 0 Å². The number of piperazine rings is 1. The second kappa shape index (κ2) is 68.0. The third-order valence-electron chi connectivity index (χ3n) is 19.4. The monoisotopic (exact) mass is 1390 g/mol. The van der Waals surface area contributed by atoms with Crippen molar-refractivity contribution in [3.63, 3.8) is 0 Å². The molecule has 20 nitrogen and oxygen atoms in total. The minimum Gasteiger partial charge on any atom is -0.382 e. The molecule has 0 bridgehead atoms. The lowest BCUT2D eigenvalue weighted by Crippen LogP contribution is -2.48. The Balaban J connectivity index is 2.53. The van der Waals surface area contributed by atoms with Gasteiger partial charge in [0.05, 0.1) is 0 Å². The smallest absolute Gasteiger partial charge is 0.250 e. The summed E-state index contributed by atoms with van der Waals surface area (Å²) in [6.07, 6.45) is 45.1. The highest BCUT2D eigenvalue weighted by atomic mass is 16.3. The van der Waals surface area contributed by atoms with Crippen molar-refractivity contribution in [2.45, 2.75) is 347 Å². The summed E-state index contributed by atoms with van der Waals surface area (Å²) >= 11 is 0. The fourth-order valence-corrected chi connectivity index (χ4v) is 13.0. The molecule has 1 heterocycles. The van der Waals surface area contributed by atoms with Gasteiger partial charge in [0.2, 0.25) is 35.4 Å². The van der Waals surface area contributed by atoms with E-state index in [1.165, 1.54) is 180 Å². The minimum absolute atomic E-state index is 0.0624. The number of carbonyl (C=O) groups is 6. The normalized spacial score (nSPS) is 14.1. The van der Waals surface area contributed by atoms with E-state index in [0.717, 1.165) is 129 Å². The molecule has 576 valence electrons. The Hall–Kier alpha value is -3.50. The van der Waals surface area contributed by atoms with E-state index in [4.69, 9.17) is 0 Å². The van der Waals surface area contributed by atoms with E-state index in [2.05, 4.69) is 69.4 Å². The molecule has 4 unspecified atom stereocenters. The summed E-state index contributed by atoms with van der Waals surface area (Å²) in [6.45, 7) is 17.7. The Morgan fingerprint density at radius 3 is 0.684 bits per heavy atom. The quantitative estimate of drug-likeness (QED) is 0.0254. The van der Waals surface area contributed by atoms with E-state index in [9.17, 15) is 49.2 Å². The van der Waals surface area contributed by atoms with Crippen LogP contribution in [-0.2, 0) is 28.8 Å². The average Bonchev–Trinajstić information content (AvgIpc) is 1.13. The molecule has 6 amide bonds. The summed E-state index contributed by atoms with van der Waals surface area (Å²) in [5.41, 5.74) is 0. The zero-order chi connectivity index (χ0) is 71.6. The second-order valence-electron chi connectivity index (χ2n) is 28.8. The van der Waals surface area contributed by atoms with Crippen molar-refractivity contribution < 1.29 is 49.2 Å². The lowest BCUT2D eigenvalue weighted by Gasteiger charge is -2.34. The SMILES string of the molecule is CCCCCCCCCCCCNC(=O)C(O)CN(CCCC(=O)NCCCN1CCN(CCCNC(=O)CCCN(CC(O)C(=O)NCCCCCCCCCCCC)CC(O)C(=O)NCCCCCCCCCCCC)CC1)CC(O)C(=O)NCCCCCCCCCCCC. The van der Waals surface area contributed by atoms with Crippen LogP contribution >= 0.6 is 0 Å². The summed E-state index contributed by atoms with van der Waals surface area (Å²) in [4.78, 5) is 86.2. The number of nitrogens with one attached hydrogen (secondary N) is 6. The zero-order valence-corrected chi connectivity index (χ0v) is 63.6. The number of aliphatic hydroxyl groups is 4. The van der Waals surface area contributed by atoms with Crippen molar-refractivity contribution in [2.75, 3.05) is 118 Å². The molecule has 4 atom stereocenters. The number of rotatable bonds is 72. The molecule has 0 spiro atoms. The highest BCUT2D eigenvalue weighted by Gasteiger charge is 2.26. The van der Waals surface area contributed by atoms with Crippen LogP contribution in [-0.4, -0.2) is 218 Å². The van der Waals surface area contributed by atoms with Crippen LogP contribution in [0.3, 0.4) is 0 Å². The Morgan fingerprint density at radius 1 is 0.276 bits per heavy atom. The molecule has 0 aliphatic carbocycles. The van der Waals surface area contributed by atoms with Crippen molar-refractivity contribution in [2.24, 2.45) is 0 Å². The molecule has 1 aliphatic rings. The molecule has 0 aromatic rings. The Bertz CT molecular complexity index is 1660. The summed E-state index contributed by atoms with van der Waals surface area (Å²) in [6, 6.07) is 0. The van der Waals surface area contributed by atoms with Crippen molar-refractivity contribution >= 4 is 35.4 Å². The van der Waals surface area contributed by atoms with Gasteiger partial charge >= 0.3 is 0 Å². The Kier molecular flexibility index (Phi) is 64.2. The average molecular weight is 1390 g/mol. The predicted molar refractivity (Wildman–Crippen MR) is 403 cm³/mol. The first-order valence-corrected chi connectivity index (χ1v) is 41.0. The predicted octanol–water partition coefficient (Wildman–Crippen LogP) is 11.4. The van der Waals surface area contributed by atoms with Crippen LogP contribution in [0.5, 0.6) is 0 Å². The van der Waals surface area contributed by atoms with Crippen LogP contribution in [0.15, 0.2) is 0 Å². The third-order valence-corrected chi connectivity index (χ3v) is 19.4. The van der Waals surface area contributed by atoms with E-state index >= 15 is 0 Å². The van der Waals surface area contributed by atoms with Gasteiger partial charge in [-0.15, -0.1) is 0 Å². The van der Waals surface area contributed by atoms with E-state index in [0.29, 0.717) is 65.2 Å². The largest absolute Gasteiger partial charge is 0.382 e. The Morgan fingerprint density at radius 2 is 0.469 bits per heavy atom. The molecule has 10 N–H and O–H groups in total. The highest BCUT2D eigenvalue weighted by Crippen LogP contribution is 2.15. The van der Waals surface area contributed by atoms with Gasteiger partial charge in [-0.05, 0) is 77.5 Å². The van der Waals surface area contributed by atoms with Crippen LogP contribution in [0.2, 0.25) is 0 Å². The molecule has 1 aliphatic heterocycles. The number of amides is 6. The molecule has 0 aromatic carbocycles. The van der Waals surface area contributed by atoms with Gasteiger partial charge in [0.1, 0.15) is 24.4 Å². The number of hydrogen-bond donors (Lipinski definition) is 10. The number of carbonyl (C=O) groups excluding carboxylic acids is 6. The lowest BCUT2D eigenvalue weighted by atomic mass is 10.1. The number of unbranched alkanes of at least 4 members (excludes halogenated alkanes) is 36. The molecule has 0 saturated carbocycles. The fraction of sp³-hybridized carbons (Fsp3) is 0.923. The van der Waals surface area contributed by atoms with E-state index in [-0.39, 0.29) is 50.8 Å². The van der Waals surface area contributed by atoms with Gasteiger partial charge in [-0.1, -0.05) is 259 Å². The molecule has 1 saturated heterocycles. The van der Waals surface area contributed by atoms with Crippen molar-refractivity contribution in [3.05, 3.63) is 0 Å². The molecular weight excluding hydrogens is 1240 g/mol. The van der Waals surface area contributed by atoms with Gasteiger partial charge in [-0.3, -0.25) is 38.6 Å². The molecule has 98 heavy (non-hydrogen) atoms. The van der Waals surface area contributed by atoms with Gasteiger partial charge < -0.3 is 62.1 Å². The molecule has 0 radical (unpaired) electrons. The number of nitrogens with zero attached hydrogens (tertiary/aromatic N) is 4. The number of aliphatic hydroxyl groups excluding tert-OH is 4. The topological polar surface area (TPSA) is 268 Å². The fourth-order valence-electron chi connectivity index (χ4n) is 13.0. The first-order valence-electron chi connectivity index (χ1n) is 41.0. The highest BCUT2D eigenvalue weighted by molar-refractivity contribution is 5.82. The van der Waals surface area contributed by atoms with Gasteiger partial charge in [0.25, 0.3) is 0 Å². The van der Waals surface area contributed by atoms with Crippen molar-refractivity contribution in [1.29, 1.82) is 0 Å². The minimum atomic E-state index is -1.34. The number of hydrogen-bond acceptors (Lipinski definition) is 14. The second-order valence-corrected chi connectivity index (χ2v) is 28.8. The molecule has 20 heteroatoms. The summed E-state index contributed by atoms with van der Waals surface area (Å²) in [5.74, 6) is -2.08. The van der Waals surface area contributed by atoms with E-state index in [1.807, 2.05) is 0 Å². The summed E-state index contributed by atoms with van der Waals surface area (Å²) in [5, 5.41) is 61.5. The lowest BCUT2D eigenvalue weighted by molar-refractivity contribution is -0.133. The maximum atomic E-state index is 13.0. The van der Waals surface area contributed by atoms with Gasteiger partial charge in [0.15, 0.2) is 0 Å². The summed E-state index contributed by atoms with van der Waals surface area (Å²) in [7, 11) is 0. The standard InChI is InChI=1S/C78H154N10O10/c1-5-9-13-17-21-25-29-33-37-41-51-81-75(95)69(89)65-87(66-70(90)76(96)82-52-42-38-34-30-26-22-18-14-10-6-2)57-45-49-73(93)79-55-47-59-85-61-63-86(64-62-85)60-48-56-80-74(94)50-46-58-88(67-71(91)77(97)83-53-43-39-35-31-27-23-19-15-11-7-3)68-72(92)78(98)84-54-44-40-36-32-28-24-20-16-12-8-4/h69-72,89-92H,5-68H2,1-4H3,(H,79,93)(H,80,94)(H,81,95)(H,82,96)(H,83,97)(H,84,98). The van der Waals surface area contributed by atoms with Crippen LogP contribution in [0.25, 0.3) is 0 Å². The first-order chi connectivity index (χ1) is 47.7. The van der Waals surface area contributed by atoms with Crippen molar-refractivity contribution in [1.82, 2.24) is 51.5 Å². The van der Waals surface area contributed by atoms with E-state index < -0.39 is 48.0 Å². The Labute approximate surface area is 598 Å². The van der Waals surface area contributed by atoms with E-state index in [1.54, 1.807) is 9.80 Å². The maximum Gasteiger partial charge on any atom is 0.250 e. The zero-order valence-electron chi connectivity index (χ0n) is 63.6. The van der Waals surface area contributed by atoms with Crippen LogP contribution < -0.4 is 31.9 Å². The van der Waals surface area contributed by atoms with Crippen LogP contribution in [0.4, 0.5) is 0 Å². The van der Waals surface area contributed by atoms with Crippen molar-refractivity contribution in [3.8, 4) is 0 Å². The maximum absolute atomic E-state index is 13.0. The van der Waals surface area contributed by atoms with Gasteiger partial charge in [0, 0.05) is 104 Å².